The van der Waals surface area contributed by atoms with Crippen LogP contribution in [-0.4, -0.2) is 72.4 Å². The number of rotatable bonds is 4. The van der Waals surface area contributed by atoms with E-state index >= 15 is 0 Å². The fourth-order valence-corrected chi connectivity index (χ4v) is 2.51. The summed E-state index contributed by atoms with van der Waals surface area (Å²) in [6.45, 7) is 7.05. The molecule has 2 heterocycles. The molecule has 2 aliphatic heterocycles. The van der Waals surface area contributed by atoms with Crippen LogP contribution in [0, 0.1) is 0 Å². The number of β-amino-alcohol motifs (C(OH)–C–C–N with tert-alkyl or cyclic N) is 1. The molecule has 0 aliphatic carbocycles. The van der Waals surface area contributed by atoms with Crippen LogP contribution in [0.3, 0.4) is 0 Å². The molecule has 0 aromatic rings. The summed E-state index contributed by atoms with van der Waals surface area (Å²) in [5.74, 6) is 0.0895. The highest BCUT2D eigenvalue weighted by molar-refractivity contribution is 5.78. The summed E-state index contributed by atoms with van der Waals surface area (Å²) < 4.78 is 5.32. The minimum atomic E-state index is -0.457. The van der Waals surface area contributed by atoms with E-state index < -0.39 is 6.10 Å². The van der Waals surface area contributed by atoms with Gasteiger partial charge in [0.1, 0.15) is 0 Å². The van der Waals surface area contributed by atoms with Gasteiger partial charge in [-0.15, -0.1) is 0 Å². The molecule has 0 radical (unpaired) electrons. The Morgan fingerprint density at radius 2 is 2.18 bits per heavy atom. The Kier molecular flexibility index (Phi) is 4.36. The van der Waals surface area contributed by atoms with Crippen LogP contribution in [0.25, 0.3) is 0 Å². The van der Waals surface area contributed by atoms with E-state index in [2.05, 4.69) is 11.8 Å². The molecule has 0 aromatic carbocycles. The van der Waals surface area contributed by atoms with Gasteiger partial charge in [-0.2, -0.15) is 0 Å². The molecule has 2 saturated heterocycles. The van der Waals surface area contributed by atoms with Gasteiger partial charge in [-0.25, -0.2) is 0 Å². The van der Waals surface area contributed by atoms with E-state index in [4.69, 9.17) is 4.74 Å². The van der Waals surface area contributed by atoms with E-state index in [0.717, 1.165) is 39.3 Å². The number of aliphatic hydroxyl groups excluding tert-OH is 1. The van der Waals surface area contributed by atoms with Crippen molar-refractivity contribution in [2.75, 3.05) is 39.4 Å². The minimum Gasteiger partial charge on any atom is -0.391 e. The number of morpholine rings is 1. The van der Waals surface area contributed by atoms with E-state index in [-0.39, 0.29) is 5.91 Å². The zero-order chi connectivity index (χ0) is 12.3. The average molecular weight is 242 g/mol. The average Bonchev–Trinajstić information content (AvgIpc) is 2.66. The molecule has 5 nitrogen and oxygen atoms in total. The zero-order valence-corrected chi connectivity index (χ0v) is 10.5. The topological polar surface area (TPSA) is 53.0 Å². The lowest BCUT2D eigenvalue weighted by molar-refractivity contribution is -0.128. The first-order valence-corrected chi connectivity index (χ1v) is 6.44. The second kappa shape index (κ2) is 5.80. The Bertz CT molecular complexity index is 266. The fourth-order valence-electron chi connectivity index (χ4n) is 2.51. The van der Waals surface area contributed by atoms with Crippen molar-refractivity contribution in [1.29, 1.82) is 0 Å². The van der Waals surface area contributed by atoms with Gasteiger partial charge in [0, 0.05) is 32.2 Å². The number of amides is 1. The highest BCUT2D eigenvalue weighted by Crippen LogP contribution is 2.13. The summed E-state index contributed by atoms with van der Waals surface area (Å²) in [5, 5.41) is 9.39. The van der Waals surface area contributed by atoms with E-state index in [9.17, 15) is 9.90 Å². The van der Waals surface area contributed by atoms with Crippen molar-refractivity contribution in [2.45, 2.75) is 31.9 Å². The van der Waals surface area contributed by atoms with Gasteiger partial charge in [-0.05, 0) is 13.3 Å². The van der Waals surface area contributed by atoms with Crippen LogP contribution in [0.5, 0.6) is 0 Å². The highest BCUT2D eigenvalue weighted by atomic mass is 16.5. The van der Waals surface area contributed by atoms with Gasteiger partial charge < -0.3 is 14.7 Å². The fraction of sp³-hybridized carbons (Fsp3) is 0.917. The first-order chi connectivity index (χ1) is 8.16. The maximum atomic E-state index is 11.5. The van der Waals surface area contributed by atoms with Crippen LogP contribution < -0.4 is 0 Å². The number of carbonyl (C=O) groups is 1. The molecule has 0 spiro atoms. The number of carbonyl (C=O) groups excluding carboxylic acids is 1. The molecule has 17 heavy (non-hydrogen) atoms. The Morgan fingerprint density at radius 1 is 1.47 bits per heavy atom. The van der Waals surface area contributed by atoms with Crippen molar-refractivity contribution >= 4 is 5.91 Å². The predicted octanol–water partition coefficient (Wildman–Crippen LogP) is -0.310. The Labute approximate surface area is 102 Å². The highest BCUT2D eigenvalue weighted by Gasteiger charge is 2.28. The third-order valence-corrected chi connectivity index (χ3v) is 3.68. The predicted molar refractivity (Wildman–Crippen MR) is 63.7 cm³/mol. The van der Waals surface area contributed by atoms with Gasteiger partial charge in [-0.3, -0.25) is 9.69 Å². The van der Waals surface area contributed by atoms with Crippen molar-refractivity contribution < 1.29 is 14.6 Å². The SMILES string of the molecule is CC(CCN1CC(O)CC1=O)N1CCOCC1. The van der Waals surface area contributed by atoms with Crippen LogP contribution >= 0.6 is 0 Å². The van der Waals surface area contributed by atoms with Crippen LogP contribution in [0.4, 0.5) is 0 Å². The molecule has 98 valence electrons. The van der Waals surface area contributed by atoms with Gasteiger partial charge >= 0.3 is 0 Å². The first-order valence-electron chi connectivity index (χ1n) is 6.44. The number of hydrogen-bond donors (Lipinski definition) is 1. The first kappa shape index (κ1) is 12.8. The summed E-state index contributed by atoms with van der Waals surface area (Å²) in [6.07, 6.45) is 0.811. The lowest BCUT2D eigenvalue weighted by Gasteiger charge is -2.33. The van der Waals surface area contributed by atoms with Crippen molar-refractivity contribution in [1.82, 2.24) is 9.80 Å². The molecule has 2 aliphatic rings. The van der Waals surface area contributed by atoms with Gasteiger partial charge in [0.05, 0.1) is 25.7 Å². The summed E-state index contributed by atoms with van der Waals surface area (Å²) >= 11 is 0. The third-order valence-electron chi connectivity index (χ3n) is 3.68. The number of aliphatic hydroxyl groups is 1. The van der Waals surface area contributed by atoms with Gasteiger partial charge in [0.15, 0.2) is 0 Å². The molecule has 1 N–H and O–H groups in total. The van der Waals surface area contributed by atoms with E-state index in [1.807, 2.05) is 0 Å². The summed E-state index contributed by atoms with van der Waals surface area (Å²) in [6, 6.07) is 0.476. The quantitative estimate of drug-likeness (QED) is 0.735. The van der Waals surface area contributed by atoms with Crippen LogP contribution in [0.2, 0.25) is 0 Å². The van der Waals surface area contributed by atoms with Gasteiger partial charge in [0.25, 0.3) is 0 Å². The molecule has 5 heteroatoms. The zero-order valence-electron chi connectivity index (χ0n) is 10.5. The summed E-state index contributed by atoms with van der Waals surface area (Å²) in [5.41, 5.74) is 0. The van der Waals surface area contributed by atoms with Crippen molar-refractivity contribution in [3.63, 3.8) is 0 Å². The molecule has 1 amide bonds. The molecular formula is C12H22N2O3. The minimum absolute atomic E-state index is 0.0895. The summed E-state index contributed by atoms with van der Waals surface area (Å²) in [7, 11) is 0. The normalized spacial score (nSPS) is 28.7. The molecule has 0 saturated carbocycles. The molecule has 2 unspecified atom stereocenters. The van der Waals surface area contributed by atoms with Crippen LogP contribution in [0.15, 0.2) is 0 Å². The van der Waals surface area contributed by atoms with Crippen molar-refractivity contribution in [3.05, 3.63) is 0 Å². The lowest BCUT2D eigenvalue weighted by Crippen LogP contribution is -2.43. The molecule has 2 fully saturated rings. The Morgan fingerprint density at radius 3 is 2.76 bits per heavy atom. The maximum absolute atomic E-state index is 11.5. The Hall–Kier alpha value is -0.650. The van der Waals surface area contributed by atoms with Gasteiger partial charge in [0.2, 0.25) is 5.91 Å². The van der Waals surface area contributed by atoms with Crippen molar-refractivity contribution in [2.24, 2.45) is 0 Å². The smallest absolute Gasteiger partial charge is 0.225 e. The molecule has 0 aromatic heterocycles. The number of ether oxygens (including phenoxy) is 1. The maximum Gasteiger partial charge on any atom is 0.225 e. The van der Waals surface area contributed by atoms with E-state index in [1.54, 1.807) is 4.90 Å². The lowest BCUT2D eigenvalue weighted by atomic mass is 10.2. The third kappa shape index (κ3) is 3.40. The monoisotopic (exact) mass is 242 g/mol. The summed E-state index contributed by atoms with van der Waals surface area (Å²) in [4.78, 5) is 15.7. The standard InChI is InChI=1S/C12H22N2O3/c1-10(13-4-6-17-7-5-13)2-3-14-9-11(15)8-12(14)16/h10-11,15H,2-9H2,1H3. The number of nitrogens with zero attached hydrogens (tertiary/aromatic N) is 2. The number of likely N-dealkylation sites (tertiary alicyclic amines) is 1. The van der Waals surface area contributed by atoms with E-state index in [0.29, 0.717) is 19.0 Å². The molecule has 2 rings (SSSR count). The van der Waals surface area contributed by atoms with Crippen LogP contribution in [0.1, 0.15) is 19.8 Å². The second-order valence-corrected chi connectivity index (χ2v) is 4.98. The number of hydrogen-bond acceptors (Lipinski definition) is 4. The molecule has 2 atom stereocenters. The largest absolute Gasteiger partial charge is 0.391 e. The second-order valence-electron chi connectivity index (χ2n) is 4.98. The van der Waals surface area contributed by atoms with Crippen molar-refractivity contribution in [3.8, 4) is 0 Å². The molecular weight excluding hydrogens is 220 g/mol. The molecule has 0 bridgehead atoms. The van der Waals surface area contributed by atoms with Crippen LogP contribution in [-0.2, 0) is 9.53 Å². The Balaban J connectivity index is 1.72. The van der Waals surface area contributed by atoms with Gasteiger partial charge in [-0.1, -0.05) is 0 Å². The van der Waals surface area contributed by atoms with E-state index in [1.165, 1.54) is 0 Å².